The van der Waals surface area contributed by atoms with Crippen molar-refractivity contribution in [2.24, 2.45) is 10.9 Å². The lowest BCUT2D eigenvalue weighted by atomic mass is 10.2. The van der Waals surface area contributed by atoms with Gasteiger partial charge in [0.1, 0.15) is 5.82 Å². The minimum absolute atomic E-state index is 0. The largest absolute Gasteiger partial charge is 0.363 e. The second-order valence-electron chi connectivity index (χ2n) is 5.08. The van der Waals surface area contributed by atoms with E-state index in [1.54, 1.807) is 7.05 Å². The van der Waals surface area contributed by atoms with Gasteiger partial charge in [0.15, 0.2) is 5.96 Å². The van der Waals surface area contributed by atoms with Gasteiger partial charge in [0.2, 0.25) is 0 Å². The maximum atomic E-state index is 4.55. The van der Waals surface area contributed by atoms with E-state index in [1.807, 2.05) is 37.2 Å². The Hall–Kier alpha value is -1.05. The molecule has 20 heavy (non-hydrogen) atoms. The van der Waals surface area contributed by atoms with Gasteiger partial charge >= 0.3 is 0 Å². The van der Waals surface area contributed by atoms with E-state index in [1.165, 1.54) is 0 Å². The van der Waals surface area contributed by atoms with Crippen LogP contribution in [0.4, 0.5) is 5.82 Å². The quantitative estimate of drug-likeness (QED) is 0.459. The van der Waals surface area contributed by atoms with Crippen molar-refractivity contribution in [1.82, 2.24) is 15.6 Å². The molecule has 1 aromatic rings. The third-order valence-electron chi connectivity index (χ3n) is 2.59. The molecule has 1 rings (SSSR count). The predicted molar refractivity (Wildman–Crippen MR) is 97.0 cm³/mol. The summed E-state index contributed by atoms with van der Waals surface area (Å²) in [7, 11) is 5.75. The van der Waals surface area contributed by atoms with Gasteiger partial charge in [0, 0.05) is 27.7 Å². The molecular weight excluding hydrogens is 365 g/mol. The van der Waals surface area contributed by atoms with Crippen LogP contribution in [0.25, 0.3) is 0 Å². The molecule has 0 fully saturated rings. The molecule has 0 saturated carbocycles. The van der Waals surface area contributed by atoms with Gasteiger partial charge in [-0.25, -0.2) is 4.98 Å². The maximum absolute atomic E-state index is 4.55. The van der Waals surface area contributed by atoms with Gasteiger partial charge in [0.25, 0.3) is 0 Å². The minimum Gasteiger partial charge on any atom is -0.363 e. The van der Waals surface area contributed by atoms with Gasteiger partial charge < -0.3 is 15.5 Å². The van der Waals surface area contributed by atoms with E-state index in [2.05, 4.69) is 34.5 Å². The lowest BCUT2D eigenvalue weighted by molar-refractivity contribution is 0.614. The van der Waals surface area contributed by atoms with Crippen LogP contribution in [0, 0.1) is 5.92 Å². The minimum atomic E-state index is 0. The molecule has 5 nitrogen and oxygen atoms in total. The summed E-state index contributed by atoms with van der Waals surface area (Å²) in [5, 5.41) is 6.54. The number of hydrogen-bond acceptors (Lipinski definition) is 3. The highest BCUT2D eigenvalue weighted by Crippen LogP contribution is 2.07. The molecule has 0 amide bonds. The first-order valence-corrected chi connectivity index (χ1v) is 6.60. The number of halogens is 1. The Morgan fingerprint density at radius 3 is 2.55 bits per heavy atom. The maximum Gasteiger partial charge on any atom is 0.191 e. The number of rotatable bonds is 5. The fraction of sp³-hybridized carbons (Fsp3) is 0.571. The molecule has 0 unspecified atom stereocenters. The number of pyridine rings is 1. The molecule has 0 spiro atoms. The molecule has 6 heteroatoms. The number of aliphatic imine (C=N–C) groups is 1. The zero-order valence-corrected chi connectivity index (χ0v) is 15.3. The van der Waals surface area contributed by atoms with Gasteiger partial charge in [-0.1, -0.05) is 19.9 Å². The van der Waals surface area contributed by atoms with Gasteiger partial charge in [-0.15, -0.1) is 24.0 Å². The van der Waals surface area contributed by atoms with E-state index in [0.717, 1.165) is 24.0 Å². The average molecular weight is 391 g/mol. The standard InChI is InChI=1S/C14H25N5.HI/c1-11(2)9-16-14(15-3)17-10-12-7-6-8-13(18-12)19(4)5;/h6-8,11H,9-10H2,1-5H3,(H2,15,16,17);1H. The predicted octanol–water partition coefficient (Wildman–Crippen LogP) is 2.09. The molecule has 0 aliphatic heterocycles. The summed E-state index contributed by atoms with van der Waals surface area (Å²) in [5.41, 5.74) is 0.999. The molecule has 0 saturated heterocycles. The van der Waals surface area contributed by atoms with E-state index in [9.17, 15) is 0 Å². The Labute approximate surface area is 139 Å². The first-order chi connectivity index (χ1) is 9.02. The average Bonchev–Trinajstić information content (AvgIpc) is 2.39. The Morgan fingerprint density at radius 2 is 2.00 bits per heavy atom. The lowest BCUT2D eigenvalue weighted by Gasteiger charge is -2.15. The topological polar surface area (TPSA) is 52.6 Å². The molecule has 0 bridgehead atoms. The van der Waals surface area contributed by atoms with Crippen molar-refractivity contribution in [2.75, 3.05) is 32.6 Å². The zero-order valence-electron chi connectivity index (χ0n) is 13.0. The van der Waals surface area contributed by atoms with Crippen LogP contribution in [0.15, 0.2) is 23.2 Å². The molecule has 114 valence electrons. The second-order valence-corrected chi connectivity index (χ2v) is 5.08. The van der Waals surface area contributed by atoms with E-state index < -0.39 is 0 Å². The molecule has 0 atom stereocenters. The third-order valence-corrected chi connectivity index (χ3v) is 2.59. The first kappa shape index (κ1) is 18.9. The van der Waals surface area contributed by atoms with Crippen molar-refractivity contribution in [3.05, 3.63) is 23.9 Å². The van der Waals surface area contributed by atoms with E-state index >= 15 is 0 Å². The van der Waals surface area contributed by atoms with Crippen molar-refractivity contribution >= 4 is 35.8 Å². The highest BCUT2D eigenvalue weighted by atomic mass is 127. The molecule has 2 N–H and O–H groups in total. The van der Waals surface area contributed by atoms with Crippen LogP contribution < -0.4 is 15.5 Å². The first-order valence-electron chi connectivity index (χ1n) is 6.60. The second kappa shape index (κ2) is 9.79. The Kier molecular flexibility index (Phi) is 9.28. The normalized spacial score (nSPS) is 11.0. The van der Waals surface area contributed by atoms with Gasteiger partial charge in [0.05, 0.1) is 12.2 Å². The highest BCUT2D eigenvalue weighted by Gasteiger charge is 2.02. The van der Waals surface area contributed by atoms with Gasteiger partial charge in [-0.2, -0.15) is 0 Å². The Balaban J connectivity index is 0.00000361. The van der Waals surface area contributed by atoms with Crippen LogP contribution in [0.3, 0.4) is 0 Å². The summed E-state index contributed by atoms with van der Waals surface area (Å²) >= 11 is 0. The van der Waals surface area contributed by atoms with Crippen molar-refractivity contribution in [2.45, 2.75) is 20.4 Å². The summed E-state index contributed by atoms with van der Waals surface area (Å²) in [6.07, 6.45) is 0. The monoisotopic (exact) mass is 391 g/mol. The van der Waals surface area contributed by atoms with E-state index in [4.69, 9.17) is 0 Å². The molecule has 0 aliphatic carbocycles. The zero-order chi connectivity index (χ0) is 14.3. The molecule has 1 heterocycles. The van der Waals surface area contributed by atoms with E-state index in [0.29, 0.717) is 12.5 Å². The van der Waals surface area contributed by atoms with Gasteiger partial charge in [-0.05, 0) is 18.1 Å². The summed E-state index contributed by atoms with van der Waals surface area (Å²) in [5.74, 6) is 2.36. The number of nitrogens with zero attached hydrogens (tertiary/aromatic N) is 3. The number of hydrogen-bond donors (Lipinski definition) is 2. The number of nitrogens with one attached hydrogen (secondary N) is 2. The van der Waals surface area contributed by atoms with E-state index in [-0.39, 0.29) is 24.0 Å². The van der Waals surface area contributed by atoms with Crippen molar-refractivity contribution in [3.63, 3.8) is 0 Å². The summed E-state index contributed by atoms with van der Waals surface area (Å²) < 4.78 is 0. The number of guanidine groups is 1. The smallest absolute Gasteiger partial charge is 0.191 e. The van der Waals surface area contributed by atoms with Crippen molar-refractivity contribution in [3.8, 4) is 0 Å². The van der Waals surface area contributed by atoms with Crippen LogP contribution in [0.5, 0.6) is 0 Å². The fourth-order valence-electron chi connectivity index (χ4n) is 1.51. The number of aromatic nitrogens is 1. The molecular formula is C14H26IN5. The van der Waals surface area contributed by atoms with Crippen molar-refractivity contribution in [1.29, 1.82) is 0 Å². The molecule has 0 aliphatic rings. The fourth-order valence-corrected chi connectivity index (χ4v) is 1.51. The Morgan fingerprint density at radius 1 is 1.30 bits per heavy atom. The van der Waals surface area contributed by atoms with Crippen molar-refractivity contribution < 1.29 is 0 Å². The van der Waals surface area contributed by atoms with Crippen LogP contribution >= 0.6 is 24.0 Å². The lowest BCUT2D eigenvalue weighted by Crippen LogP contribution is -2.38. The summed E-state index contributed by atoms with van der Waals surface area (Å²) in [6.45, 7) is 5.91. The Bertz CT molecular complexity index is 418. The molecule has 0 radical (unpaired) electrons. The van der Waals surface area contributed by atoms with Crippen LogP contribution in [0.1, 0.15) is 19.5 Å². The third kappa shape index (κ3) is 6.93. The highest BCUT2D eigenvalue weighted by molar-refractivity contribution is 14.0. The summed E-state index contributed by atoms with van der Waals surface area (Å²) in [4.78, 5) is 10.7. The SMILES string of the molecule is CN=C(NCc1cccc(N(C)C)n1)NCC(C)C.I. The number of anilines is 1. The molecule has 0 aromatic carbocycles. The summed E-state index contributed by atoms with van der Waals surface area (Å²) in [6, 6.07) is 6.02. The van der Waals surface area contributed by atoms with Crippen LogP contribution in [0.2, 0.25) is 0 Å². The van der Waals surface area contributed by atoms with Gasteiger partial charge in [-0.3, -0.25) is 4.99 Å². The van der Waals surface area contributed by atoms with Crippen LogP contribution in [-0.2, 0) is 6.54 Å². The molecule has 1 aromatic heterocycles. The van der Waals surface area contributed by atoms with Crippen LogP contribution in [-0.4, -0.2) is 38.6 Å².